The van der Waals surface area contributed by atoms with Crippen LogP contribution in [0.3, 0.4) is 0 Å². The van der Waals surface area contributed by atoms with E-state index in [1.54, 1.807) is 0 Å². The van der Waals surface area contributed by atoms with Gasteiger partial charge in [-0.15, -0.1) is 0 Å². The maximum atomic E-state index is 10.2. The van der Waals surface area contributed by atoms with E-state index in [0.717, 1.165) is 0 Å². The van der Waals surface area contributed by atoms with E-state index in [4.69, 9.17) is 5.26 Å². The van der Waals surface area contributed by atoms with Crippen LogP contribution in [0.25, 0.3) is 0 Å². The fourth-order valence-corrected chi connectivity index (χ4v) is 0.616. The molecule has 0 spiro atoms. The first-order chi connectivity index (χ1) is 5.24. The standard InChI is InChI=1S/C5H5NO2.C3H8/c6-3-4-1-2-5(7)8-4;1-3-2/h4H,1-2H2;3H2,1-2H3. The number of hydrogen-bond acceptors (Lipinski definition) is 3. The average molecular weight is 155 g/mol. The predicted octanol–water partition coefficient (Wildman–Crippen LogP) is 1.63. The molecule has 3 heteroatoms. The van der Waals surface area contributed by atoms with E-state index in [9.17, 15) is 4.79 Å². The molecule has 0 aromatic carbocycles. The molecule has 11 heavy (non-hydrogen) atoms. The molecule has 1 aliphatic rings. The highest BCUT2D eigenvalue weighted by Crippen LogP contribution is 2.11. The van der Waals surface area contributed by atoms with E-state index < -0.39 is 6.10 Å². The molecule has 0 saturated carbocycles. The molecule has 1 aliphatic heterocycles. The number of hydrogen-bond donors (Lipinski definition) is 0. The van der Waals surface area contributed by atoms with Crippen molar-refractivity contribution in [2.24, 2.45) is 0 Å². The van der Waals surface area contributed by atoms with Crippen molar-refractivity contribution in [1.29, 1.82) is 5.26 Å². The van der Waals surface area contributed by atoms with Gasteiger partial charge in [0.25, 0.3) is 0 Å². The van der Waals surface area contributed by atoms with Crippen LogP contribution in [0.2, 0.25) is 0 Å². The third-order valence-corrected chi connectivity index (χ3v) is 1.03. The van der Waals surface area contributed by atoms with Crippen molar-refractivity contribution in [3.05, 3.63) is 0 Å². The molecule has 1 saturated heterocycles. The largest absolute Gasteiger partial charge is 0.447 e. The van der Waals surface area contributed by atoms with Gasteiger partial charge in [-0.25, -0.2) is 0 Å². The molecule has 0 radical (unpaired) electrons. The quantitative estimate of drug-likeness (QED) is 0.499. The summed E-state index contributed by atoms with van der Waals surface area (Å²) in [4.78, 5) is 10.2. The van der Waals surface area contributed by atoms with Crippen LogP contribution in [-0.2, 0) is 9.53 Å². The number of rotatable bonds is 0. The van der Waals surface area contributed by atoms with Crippen molar-refractivity contribution in [3.63, 3.8) is 0 Å². The molecule has 1 heterocycles. The van der Waals surface area contributed by atoms with E-state index in [-0.39, 0.29) is 5.97 Å². The summed E-state index contributed by atoms with van der Waals surface area (Å²) in [6, 6.07) is 1.85. The van der Waals surface area contributed by atoms with Crippen molar-refractivity contribution >= 4 is 5.97 Å². The van der Waals surface area contributed by atoms with Crippen LogP contribution in [0.15, 0.2) is 0 Å². The highest BCUT2D eigenvalue weighted by Gasteiger charge is 2.21. The van der Waals surface area contributed by atoms with Crippen LogP contribution in [0.4, 0.5) is 0 Å². The molecule has 1 unspecified atom stereocenters. The normalized spacial score (nSPS) is 21.2. The van der Waals surface area contributed by atoms with E-state index in [2.05, 4.69) is 18.6 Å². The maximum Gasteiger partial charge on any atom is 0.307 e. The third-order valence-electron chi connectivity index (χ3n) is 1.03. The summed E-state index contributed by atoms with van der Waals surface area (Å²) in [6.07, 6.45) is 1.75. The maximum absolute atomic E-state index is 10.2. The molecule has 1 atom stereocenters. The molecule has 62 valence electrons. The molecule has 1 rings (SSSR count). The number of ether oxygens (including phenoxy) is 1. The summed E-state index contributed by atoms with van der Waals surface area (Å²) in [5.41, 5.74) is 0. The highest BCUT2D eigenvalue weighted by molar-refractivity contribution is 5.71. The summed E-state index contributed by atoms with van der Waals surface area (Å²) in [6.45, 7) is 4.25. The van der Waals surface area contributed by atoms with Crippen LogP contribution in [0, 0.1) is 11.3 Å². The van der Waals surface area contributed by atoms with Gasteiger partial charge >= 0.3 is 5.97 Å². The van der Waals surface area contributed by atoms with Gasteiger partial charge in [0.2, 0.25) is 0 Å². The Morgan fingerprint density at radius 1 is 1.73 bits per heavy atom. The molecule has 0 bridgehead atoms. The lowest BCUT2D eigenvalue weighted by Gasteiger charge is -1.92. The van der Waals surface area contributed by atoms with Crippen molar-refractivity contribution in [3.8, 4) is 6.07 Å². The van der Waals surface area contributed by atoms with E-state index in [1.165, 1.54) is 6.42 Å². The Kier molecular flexibility index (Phi) is 5.18. The minimum Gasteiger partial charge on any atom is -0.447 e. The topological polar surface area (TPSA) is 50.1 Å². The molecular weight excluding hydrogens is 142 g/mol. The van der Waals surface area contributed by atoms with Gasteiger partial charge in [-0.05, 0) is 0 Å². The van der Waals surface area contributed by atoms with Gasteiger partial charge in [0, 0.05) is 6.42 Å². The minimum absolute atomic E-state index is 0.253. The zero-order valence-electron chi connectivity index (χ0n) is 6.96. The van der Waals surface area contributed by atoms with Crippen molar-refractivity contribution in [2.75, 3.05) is 0 Å². The van der Waals surface area contributed by atoms with Crippen LogP contribution in [0.1, 0.15) is 33.1 Å². The number of carbonyl (C=O) groups is 1. The zero-order valence-corrected chi connectivity index (χ0v) is 6.96. The first-order valence-corrected chi connectivity index (χ1v) is 3.83. The molecule has 0 amide bonds. The lowest BCUT2D eigenvalue weighted by atomic mass is 10.3. The van der Waals surface area contributed by atoms with Crippen LogP contribution >= 0.6 is 0 Å². The van der Waals surface area contributed by atoms with Gasteiger partial charge in [-0.1, -0.05) is 20.3 Å². The number of nitriles is 1. The Balaban J connectivity index is 0.000000292. The first kappa shape index (κ1) is 9.96. The van der Waals surface area contributed by atoms with Gasteiger partial charge in [0.05, 0.1) is 6.42 Å². The average Bonchev–Trinajstić information content (AvgIpc) is 2.37. The Labute approximate surface area is 67.0 Å². The lowest BCUT2D eigenvalue weighted by Crippen LogP contribution is -2.01. The van der Waals surface area contributed by atoms with E-state index in [1.807, 2.05) is 6.07 Å². The fraction of sp³-hybridized carbons (Fsp3) is 0.750. The van der Waals surface area contributed by atoms with Gasteiger partial charge in [0.15, 0.2) is 6.10 Å². The number of nitrogens with zero attached hydrogens (tertiary/aromatic N) is 1. The zero-order chi connectivity index (χ0) is 8.69. The lowest BCUT2D eigenvalue weighted by molar-refractivity contribution is -0.139. The summed E-state index contributed by atoms with van der Waals surface area (Å²) in [5, 5.41) is 8.16. The van der Waals surface area contributed by atoms with Crippen molar-refractivity contribution < 1.29 is 9.53 Å². The molecule has 0 aliphatic carbocycles. The summed E-state index contributed by atoms with van der Waals surface area (Å²) < 4.78 is 4.51. The Morgan fingerprint density at radius 3 is 2.45 bits per heavy atom. The Morgan fingerprint density at radius 2 is 2.27 bits per heavy atom. The van der Waals surface area contributed by atoms with Crippen LogP contribution in [-0.4, -0.2) is 12.1 Å². The number of esters is 1. The first-order valence-electron chi connectivity index (χ1n) is 3.83. The molecule has 0 aromatic heterocycles. The smallest absolute Gasteiger partial charge is 0.307 e. The van der Waals surface area contributed by atoms with E-state index >= 15 is 0 Å². The number of cyclic esters (lactones) is 1. The third kappa shape index (κ3) is 4.38. The van der Waals surface area contributed by atoms with Crippen LogP contribution in [0.5, 0.6) is 0 Å². The Bertz CT molecular complexity index is 160. The second kappa shape index (κ2) is 5.72. The molecule has 1 fully saturated rings. The van der Waals surface area contributed by atoms with E-state index in [0.29, 0.717) is 12.8 Å². The second-order valence-electron chi connectivity index (χ2n) is 2.35. The summed E-state index contributed by atoms with van der Waals surface area (Å²) in [5.74, 6) is -0.253. The number of carbonyl (C=O) groups excluding carboxylic acids is 1. The predicted molar refractivity (Wildman–Crippen MR) is 40.7 cm³/mol. The fourth-order valence-electron chi connectivity index (χ4n) is 0.616. The molecule has 3 nitrogen and oxygen atoms in total. The van der Waals surface area contributed by atoms with Crippen LogP contribution < -0.4 is 0 Å². The van der Waals surface area contributed by atoms with Gasteiger partial charge in [-0.3, -0.25) is 4.79 Å². The summed E-state index contributed by atoms with van der Waals surface area (Å²) in [7, 11) is 0. The molecule has 0 N–H and O–H groups in total. The highest BCUT2D eigenvalue weighted by atomic mass is 16.5. The monoisotopic (exact) mass is 155 g/mol. The van der Waals surface area contributed by atoms with Gasteiger partial charge in [-0.2, -0.15) is 5.26 Å². The molecular formula is C8H13NO2. The molecule has 0 aromatic rings. The SMILES string of the molecule is CCC.N#CC1CCC(=O)O1. The Hall–Kier alpha value is -1.04. The van der Waals surface area contributed by atoms with Crippen molar-refractivity contribution in [1.82, 2.24) is 0 Å². The van der Waals surface area contributed by atoms with Gasteiger partial charge < -0.3 is 4.74 Å². The summed E-state index contributed by atoms with van der Waals surface area (Å²) >= 11 is 0. The second-order valence-corrected chi connectivity index (χ2v) is 2.35. The van der Waals surface area contributed by atoms with Crippen molar-refractivity contribution in [2.45, 2.75) is 39.2 Å². The van der Waals surface area contributed by atoms with Gasteiger partial charge in [0.1, 0.15) is 6.07 Å². The minimum atomic E-state index is -0.470.